The van der Waals surface area contributed by atoms with Gasteiger partial charge in [0.15, 0.2) is 9.84 Å². The van der Waals surface area contributed by atoms with Crippen molar-refractivity contribution in [3.8, 4) is 5.75 Å². The van der Waals surface area contributed by atoms with E-state index in [0.717, 1.165) is 5.69 Å². The highest BCUT2D eigenvalue weighted by Gasteiger charge is 2.39. The highest BCUT2D eigenvalue weighted by atomic mass is 32.2. The molecule has 0 spiro atoms. The van der Waals surface area contributed by atoms with Crippen LogP contribution in [-0.2, 0) is 16.4 Å². The second-order valence-corrected chi connectivity index (χ2v) is 9.06. The monoisotopic (exact) mass is 366 g/mol. The molecule has 24 heavy (non-hydrogen) atoms. The summed E-state index contributed by atoms with van der Waals surface area (Å²) in [4.78, 5) is 16.6. The number of aromatic nitrogens is 1. The van der Waals surface area contributed by atoms with Gasteiger partial charge in [-0.15, -0.1) is 11.3 Å². The van der Waals surface area contributed by atoms with Gasteiger partial charge in [-0.25, -0.2) is 13.4 Å². The molecule has 1 aliphatic heterocycles. The van der Waals surface area contributed by atoms with Crippen LogP contribution in [0.15, 0.2) is 35.2 Å². The number of thiazole rings is 1. The first kappa shape index (κ1) is 16.9. The van der Waals surface area contributed by atoms with E-state index in [1.807, 2.05) is 5.38 Å². The average molecular weight is 366 g/mol. The molecule has 128 valence electrons. The van der Waals surface area contributed by atoms with Crippen molar-refractivity contribution < 1.29 is 17.9 Å². The third-order valence-corrected chi connectivity index (χ3v) is 6.42. The second-order valence-electron chi connectivity index (χ2n) is 6.15. The lowest BCUT2D eigenvalue weighted by atomic mass is 10.0. The smallest absolute Gasteiger partial charge is 0.251 e. The number of amides is 1. The Balaban J connectivity index is 1.66. The van der Waals surface area contributed by atoms with Gasteiger partial charge in [0, 0.05) is 10.9 Å². The van der Waals surface area contributed by atoms with E-state index in [9.17, 15) is 13.2 Å². The van der Waals surface area contributed by atoms with Crippen molar-refractivity contribution in [2.45, 2.75) is 25.5 Å². The van der Waals surface area contributed by atoms with E-state index in [1.54, 1.807) is 36.7 Å². The Morgan fingerprint density at radius 1 is 1.46 bits per heavy atom. The molecule has 6 nitrogen and oxygen atoms in total. The Morgan fingerprint density at radius 3 is 2.96 bits per heavy atom. The Bertz CT molecular complexity index is 834. The molecule has 8 heteroatoms. The summed E-state index contributed by atoms with van der Waals surface area (Å²) in [7, 11) is -3.07. The number of ether oxygens (including phenoxy) is 1. The van der Waals surface area contributed by atoms with Crippen molar-refractivity contribution in [1.29, 1.82) is 0 Å². The predicted molar refractivity (Wildman–Crippen MR) is 92.0 cm³/mol. The minimum atomic E-state index is -3.07. The van der Waals surface area contributed by atoms with Gasteiger partial charge in [0.2, 0.25) is 0 Å². The molecule has 1 aromatic heterocycles. The standard InChI is InChI=1S/C16H18N2O4S2/c1-16(5-6-24(20,21)10-16)18-15(19)12-3-2-4-14(7-12)22-8-13-9-23-11-17-13/h2-4,7,9,11H,5-6,8,10H2,1H3,(H,18,19). The van der Waals surface area contributed by atoms with Crippen LogP contribution in [-0.4, -0.2) is 36.4 Å². The zero-order valence-corrected chi connectivity index (χ0v) is 14.8. The third kappa shape index (κ3) is 4.12. The summed E-state index contributed by atoms with van der Waals surface area (Å²) in [6.45, 7) is 2.10. The predicted octanol–water partition coefficient (Wildman–Crippen LogP) is 2.03. The molecule has 1 N–H and O–H groups in total. The van der Waals surface area contributed by atoms with Gasteiger partial charge >= 0.3 is 0 Å². The fourth-order valence-electron chi connectivity index (χ4n) is 2.65. The Labute approximate surface area is 144 Å². The van der Waals surface area contributed by atoms with Crippen LogP contribution >= 0.6 is 11.3 Å². The molecule has 1 fully saturated rings. The van der Waals surface area contributed by atoms with Crippen molar-refractivity contribution in [1.82, 2.24) is 10.3 Å². The fourth-order valence-corrected chi connectivity index (χ4v) is 5.28. The molecule has 1 unspecified atom stereocenters. The maximum atomic E-state index is 12.4. The molecule has 1 aliphatic rings. The van der Waals surface area contributed by atoms with Crippen LogP contribution in [0.1, 0.15) is 29.4 Å². The number of hydrogen-bond donors (Lipinski definition) is 1. The molecule has 0 bridgehead atoms. The maximum Gasteiger partial charge on any atom is 0.251 e. The quantitative estimate of drug-likeness (QED) is 0.875. The van der Waals surface area contributed by atoms with E-state index in [0.29, 0.717) is 24.3 Å². The summed E-state index contributed by atoms with van der Waals surface area (Å²) in [6, 6.07) is 6.83. The van der Waals surface area contributed by atoms with Gasteiger partial charge in [0.05, 0.1) is 28.2 Å². The summed E-state index contributed by atoms with van der Waals surface area (Å²) in [5, 5.41) is 4.74. The van der Waals surface area contributed by atoms with Gasteiger partial charge in [0.25, 0.3) is 5.91 Å². The lowest BCUT2D eigenvalue weighted by Crippen LogP contribution is -2.46. The molecule has 2 heterocycles. The number of nitrogens with one attached hydrogen (secondary N) is 1. The van der Waals surface area contributed by atoms with E-state index in [-0.39, 0.29) is 17.4 Å². The fraction of sp³-hybridized carbons (Fsp3) is 0.375. The summed E-state index contributed by atoms with van der Waals surface area (Å²) >= 11 is 1.50. The van der Waals surface area contributed by atoms with Gasteiger partial charge in [-0.05, 0) is 31.5 Å². The second kappa shape index (κ2) is 6.52. The molecule has 0 radical (unpaired) electrons. The highest BCUT2D eigenvalue weighted by molar-refractivity contribution is 7.91. The van der Waals surface area contributed by atoms with Crippen LogP contribution < -0.4 is 10.1 Å². The summed E-state index contributed by atoms with van der Waals surface area (Å²) in [5.74, 6) is 0.361. The van der Waals surface area contributed by atoms with Gasteiger partial charge in [-0.1, -0.05) is 6.07 Å². The first-order valence-electron chi connectivity index (χ1n) is 7.48. The molecular weight excluding hydrogens is 348 g/mol. The Kier molecular flexibility index (Phi) is 4.60. The molecule has 1 saturated heterocycles. The molecule has 3 rings (SSSR count). The highest BCUT2D eigenvalue weighted by Crippen LogP contribution is 2.24. The van der Waals surface area contributed by atoms with Gasteiger partial charge < -0.3 is 10.1 Å². The molecule has 1 aromatic carbocycles. The van der Waals surface area contributed by atoms with E-state index in [2.05, 4.69) is 10.3 Å². The van der Waals surface area contributed by atoms with Crippen molar-refractivity contribution >= 4 is 27.1 Å². The van der Waals surface area contributed by atoms with Crippen LogP contribution in [0.5, 0.6) is 5.75 Å². The van der Waals surface area contributed by atoms with E-state index >= 15 is 0 Å². The Morgan fingerprint density at radius 2 is 2.29 bits per heavy atom. The van der Waals surface area contributed by atoms with Crippen LogP contribution in [0, 0.1) is 0 Å². The normalized spacial score (nSPS) is 22.2. The molecule has 1 amide bonds. The summed E-state index contributed by atoms with van der Waals surface area (Å²) in [5.41, 5.74) is 2.29. The minimum Gasteiger partial charge on any atom is -0.487 e. The molecule has 2 aromatic rings. The molecule has 0 aliphatic carbocycles. The van der Waals surface area contributed by atoms with E-state index < -0.39 is 15.4 Å². The van der Waals surface area contributed by atoms with Crippen molar-refractivity contribution in [2.24, 2.45) is 0 Å². The largest absolute Gasteiger partial charge is 0.487 e. The summed E-state index contributed by atoms with van der Waals surface area (Å²) < 4.78 is 28.9. The topological polar surface area (TPSA) is 85.4 Å². The number of carbonyl (C=O) groups excluding carboxylic acids is 1. The SMILES string of the molecule is CC1(NC(=O)c2cccc(OCc3cscn3)c2)CCS(=O)(=O)C1. The average Bonchev–Trinajstić information content (AvgIpc) is 3.13. The van der Waals surface area contributed by atoms with E-state index in [4.69, 9.17) is 4.74 Å². The zero-order chi connectivity index (χ0) is 17.2. The number of sulfone groups is 1. The van der Waals surface area contributed by atoms with E-state index in [1.165, 1.54) is 11.3 Å². The van der Waals surface area contributed by atoms with Gasteiger partial charge in [-0.2, -0.15) is 0 Å². The first-order chi connectivity index (χ1) is 11.4. The number of rotatable bonds is 5. The maximum absolute atomic E-state index is 12.4. The summed E-state index contributed by atoms with van der Waals surface area (Å²) in [6.07, 6.45) is 0.432. The van der Waals surface area contributed by atoms with Crippen LogP contribution in [0.2, 0.25) is 0 Å². The number of carbonyl (C=O) groups is 1. The number of nitrogens with zero attached hydrogens (tertiary/aromatic N) is 1. The lowest BCUT2D eigenvalue weighted by molar-refractivity contribution is 0.0915. The van der Waals surface area contributed by atoms with Gasteiger partial charge in [-0.3, -0.25) is 4.79 Å². The first-order valence-corrected chi connectivity index (χ1v) is 10.2. The molecule has 1 atom stereocenters. The zero-order valence-electron chi connectivity index (χ0n) is 13.2. The van der Waals surface area contributed by atoms with Crippen molar-refractivity contribution in [2.75, 3.05) is 11.5 Å². The molecular formula is C16H18N2O4S2. The number of hydrogen-bond acceptors (Lipinski definition) is 6. The van der Waals surface area contributed by atoms with Crippen molar-refractivity contribution in [3.63, 3.8) is 0 Å². The van der Waals surface area contributed by atoms with Crippen molar-refractivity contribution in [3.05, 3.63) is 46.4 Å². The molecule has 0 saturated carbocycles. The van der Waals surface area contributed by atoms with Crippen LogP contribution in [0.25, 0.3) is 0 Å². The Hall–Kier alpha value is -1.93. The van der Waals surface area contributed by atoms with Crippen LogP contribution in [0.4, 0.5) is 0 Å². The lowest BCUT2D eigenvalue weighted by Gasteiger charge is -2.24. The number of benzene rings is 1. The van der Waals surface area contributed by atoms with Gasteiger partial charge in [0.1, 0.15) is 12.4 Å². The minimum absolute atomic E-state index is 0.0221. The van der Waals surface area contributed by atoms with Crippen LogP contribution in [0.3, 0.4) is 0 Å². The third-order valence-electron chi connectivity index (χ3n) is 3.89.